The van der Waals surface area contributed by atoms with E-state index in [4.69, 9.17) is 4.74 Å². The second-order valence-corrected chi connectivity index (χ2v) is 5.29. The van der Waals surface area contributed by atoms with Gasteiger partial charge >= 0.3 is 0 Å². The molecule has 6 heteroatoms. The summed E-state index contributed by atoms with van der Waals surface area (Å²) < 4.78 is 5.68. The number of aryl methyl sites for hydroxylation is 1. The molecular weight excluding hydrogens is 256 g/mol. The Hall–Kier alpha value is -1.53. The van der Waals surface area contributed by atoms with Crippen molar-refractivity contribution in [3.05, 3.63) is 23.8 Å². The fraction of sp³-hybridized carbons (Fsp3) is 0.643. The largest absolute Gasteiger partial charge is 0.373 e. The van der Waals surface area contributed by atoms with Crippen LogP contribution in [0.25, 0.3) is 0 Å². The molecular formula is C14H22N4O2. The van der Waals surface area contributed by atoms with Gasteiger partial charge in [-0.15, -0.1) is 0 Å². The molecule has 1 N–H and O–H groups in total. The zero-order chi connectivity index (χ0) is 14.5. The van der Waals surface area contributed by atoms with Gasteiger partial charge in [-0.05, 0) is 20.8 Å². The third-order valence-electron chi connectivity index (χ3n) is 3.36. The van der Waals surface area contributed by atoms with Gasteiger partial charge in [0.05, 0.1) is 23.5 Å². The Bertz CT molecular complexity index is 456. The molecule has 110 valence electrons. The van der Waals surface area contributed by atoms with Crippen LogP contribution < -0.4 is 5.32 Å². The number of amides is 1. The van der Waals surface area contributed by atoms with Gasteiger partial charge in [0.25, 0.3) is 5.91 Å². The molecule has 1 fully saturated rings. The quantitative estimate of drug-likeness (QED) is 0.874. The lowest BCUT2D eigenvalue weighted by Gasteiger charge is -2.35. The number of rotatable bonds is 4. The smallest absolute Gasteiger partial charge is 0.254 e. The Balaban J connectivity index is 1.78. The predicted octanol–water partition coefficient (Wildman–Crippen LogP) is 0.624. The van der Waals surface area contributed by atoms with Crippen molar-refractivity contribution in [2.24, 2.45) is 0 Å². The first-order valence-electron chi connectivity index (χ1n) is 6.99. The van der Waals surface area contributed by atoms with Gasteiger partial charge in [-0.1, -0.05) is 0 Å². The van der Waals surface area contributed by atoms with Crippen LogP contribution in [0.2, 0.25) is 0 Å². The van der Waals surface area contributed by atoms with Crippen LogP contribution in [0.4, 0.5) is 0 Å². The zero-order valence-corrected chi connectivity index (χ0v) is 12.3. The van der Waals surface area contributed by atoms with Gasteiger partial charge in [-0.2, -0.15) is 0 Å². The van der Waals surface area contributed by atoms with Gasteiger partial charge < -0.3 is 10.1 Å². The van der Waals surface area contributed by atoms with Crippen LogP contribution in [0.5, 0.6) is 0 Å². The third kappa shape index (κ3) is 3.98. The summed E-state index contributed by atoms with van der Waals surface area (Å²) in [6, 6.07) is 0. The van der Waals surface area contributed by atoms with Gasteiger partial charge in [0, 0.05) is 32.4 Å². The first-order valence-corrected chi connectivity index (χ1v) is 6.99. The highest BCUT2D eigenvalue weighted by molar-refractivity contribution is 5.94. The highest BCUT2D eigenvalue weighted by Crippen LogP contribution is 2.09. The number of aromatic nitrogens is 2. The number of hydrogen-bond acceptors (Lipinski definition) is 5. The minimum atomic E-state index is -0.113. The first kappa shape index (κ1) is 14.9. The van der Waals surface area contributed by atoms with Crippen molar-refractivity contribution in [1.29, 1.82) is 0 Å². The highest BCUT2D eigenvalue weighted by atomic mass is 16.5. The Morgan fingerprint density at radius 3 is 2.80 bits per heavy atom. The average molecular weight is 278 g/mol. The molecule has 0 aliphatic carbocycles. The fourth-order valence-corrected chi connectivity index (χ4v) is 2.50. The Labute approximate surface area is 119 Å². The normalized spacial score (nSPS) is 23.6. The molecule has 20 heavy (non-hydrogen) atoms. The number of carbonyl (C=O) groups is 1. The molecule has 0 bridgehead atoms. The lowest BCUT2D eigenvalue weighted by Crippen LogP contribution is -2.47. The van der Waals surface area contributed by atoms with Crippen LogP contribution in [0.1, 0.15) is 29.9 Å². The molecule has 1 aliphatic heterocycles. The summed E-state index contributed by atoms with van der Waals surface area (Å²) in [5.41, 5.74) is 1.24. The maximum Gasteiger partial charge on any atom is 0.254 e. The molecule has 1 saturated heterocycles. The molecule has 1 aromatic rings. The van der Waals surface area contributed by atoms with E-state index in [9.17, 15) is 4.79 Å². The van der Waals surface area contributed by atoms with Crippen LogP contribution in [-0.2, 0) is 4.74 Å². The topological polar surface area (TPSA) is 67.4 Å². The molecule has 0 unspecified atom stereocenters. The fourth-order valence-electron chi connectivity index (χ4n) is 2.50. The van der Waals surface area contributed by atoms with Gasteiger partial charge in [-0.25, -0.2) is 9.97 Å². The van der Waals surface area contributed by atoms with E-state index in [0.717, 1.165) is 19.6 Å². The number of nitrogens with one attached hydrogen (secondary N) is 1. The van der Waals surface area contributed by atoms with E-state index in [-0.39, 0.29) is 18.1 Å². The second-order valence-electron chi connectivity index (χ2n) is 5.29. The van der Waals surface area contributed by atoms with E-state index in [1.807, 2.05) is 6.92 Å². The van der Waals surface area contributed by atoms with Crippen molar-refractivity contribution in [3.8, 4) is 0 Å². The summed E-state index contributed by atoms with van der Waals surface area (Å²) in [4.78, 5) is 22.2. The molecule has 6 nitrogen and oxygen atoms in total. The highest BCUT2D eigenvalue weighted by Gasteiger charge is 2.21. The Morgan fingerprint density at radius 1 is 1.45 bits per heavy atom. The predicted molar refractivity (Wildman–Crippen MR) is 75.6 cm³/mol. The van der Waals surface area contributed by atoms with E-state index < -0.39 is 0 Å². The number of ether oxygens (including phenoxy) is 1. The molecule has 2 heterocycles. The standard InChI is InChI=1S/C14H22N4O2/c1-10-7-18(8-11(2)20-10)5-4-16-14(19)13-6-15-9-17-12(13)3/h6,9-11H,4-5,7-8H2,1-3H3,(H,16,19)/t10-,11-/m1/s1. The molecule has 0 aromatic carbocycles. The maximum absolute atomic E-state index is 12.0. The molecule has 1 aliphatic rings. The minimum absolute atomic E-state index is 0.113. The first-order chi connectivity index (χ1) is 9.56. The molecule has 0 spiro atoms. The zero-order valence-electron chi connectivity index (χ0n) is 12.3. The number of carbonyl (C=O) groups excluding carboxylic acids is 1. The number of hydrogen-bond donors (Lipinski definition) is 1. The maximum atomic E-state index is 12.0. The van der Waals surface area contributed by atoms with E-state index in [2.05, 4.69) is 34.0 Å². The van der Waals surface area contributed by atoms with Gasteiger partial charge in [0.2, 0.25) is 0 Å². The van der Waals surface area contributed by atoms with E-state index in [1.54, 1.807) is 6.20 Å². The average Bonchev–Trinajstić information content (AvgIpc) is 2.38. The number of nitrogens with zero attached hydrogens (tertiary/aromatic N) is 3. The molecule has 2 atom stereocenters. The summed E-state index contributed by atoms with van der Waals surface area (Å²) >= 11 is 0. The Kier molecular flexibility index (Phi) is 5.03. The summed E-state index contributed by atoms with van der Waals surface area (Å²) in [5.74, 6) is -0.113. The van der Waals surface area contributed by atoms with Crippen LogP contribution in [-0.4, -0.2) is 59.2 Å². The summed E-state index contributed by atoms with van der Waals surface area (Å²) in [5, 5.41) is 2.92. The van der Waals surface area contributed by atoms with E-state index in [0.29, 0.717) is 17.8 Å². The molecule has 2 rings (SSSR count). The molecule has 1 aromatic heterocycles. The summed E-state index contributed by atoms with van der Waals surface area (Å²) in [6.45, 7) is 9.23. The second kappa shape index (κ2) is 6.76. The minimum Gasteiger partial charge on any atom is -0.373 e. The lowest BCUT2D eigenvalue weighted by molar-refractivity contribution is -0.0672. The number of morpholine rings is 1. The van der Waals surface area contributed by atoms with Gasteiger partial charge in [0.1, 0.15) is 6.33 Å². The van der Waals surface area contributed by atoms with Crippen LogP contribution in [0.3, 0.4) is 0 Å². The van der Waals surface area contributed by atoms with Crippen LogP contribution in [0.15, 0.2) is 12.5 Å². The molecule has 0 radical (unpaired) electrons. The van der Waals surface area contributed by atoms with E-state index >= 15 is 0 Å². The van der Waals surface area contributed by atoms with Crippen molar-refractivity contribution in [3.63, 3.8) is 0 Å². The van der Waals surface area contributed by atoms with Gasteiger partial charge in [-0.3, -0.25) is 9.69 Å². The lowest BCUT2D eigenvalue weighted by atomic mass is 10.2. The SMILES string of the molecule is Cc1ncncc1C(=O)NCCN1C[C@@H](C)O[C@H](C)C1. The van der Waals surface area contributed by atoms with Crippen molar-refractivity contribution < 1.29 is 9.53 Å². The monoisotopic (exact) mass is 278 g/mol. The summed E-state index contributed by atoms with van der Waals surface area (Å²) in [6.07, 6.45) is 3.50. The van der Waals surface area contributed by atoms with Crippen molar-refractivity contribution in [2.75, 3.05) is 26.2 Å². The van der Waals surface area contributed by atoms with Crippen molar-refractivity contribution in [2.45, 2.75) is 33.0 Å². The summed E-state index contributed by atoms with van der Waals surface area (Å²) in [7, 11) is 0. The van der Waals surface area contributed by atoms with Crippen molar-refractivity contribution >= 4 is 5.91 Å². The Morgan fingerprint density at radius 2 is 2.15 bits per heavy atom. The van der Waals surface area contributed by atoms with Crippen molar-refractivity contribution in [1.82, 2.24) is 20.2 Å². The third-order valence-corrected chi connectivity index (χ3v) is 3.36. The van der Waals surface area contributed by atoms with E-state index in [1.165, 1.54) is 6.33 Å². The van der Waals surface area contributed by atoms with Crippen LogP contribution >= 0.6 is 0 Å². The molecule has 0 saturated carbocycles. The molecule has 1 amide bonds. The van der Waals surface area contributed by atoms with Gasteiger partial charge in [0.15, 0.2) is 0 Å². The van der Waals surface area contributed by atoms with Crippen LogP contribution in [0, 0.1) is 6.92 Å².